The molecule has 2 amide bonds. The number of amides is 2. The van der Waals surface area contributed by atoms with Crippen LogP contribution in [-0.4, -0.2) is 39.6 Å². The van der Waals surface area contributed by atoms with E-state index in [1.807, 2.05) is 39.0 Å². The molecule has 0 saturated heterocycles. The zero-order valence-electron chi connectivity index (χ0n) is 15.2. The van der Waals surface area contributed by atoms with E-state index in [4.69, 9.17) is 0 Å². The number of carbonyl (C=O) groups excluding carboxylic acids is 2. The molecule has 1 heterocycles. The third-order valence-corrected chi connectivity index (χ3v) is 7.21. The summed E-state index contributed by atoms with van der Waals surface area (Å²) in [5.74, 6) is 0.201. The Morgan fingerprint density at radius 3 is 2.74 bits per heavy atom. The molecule has 1 atom stereocenters. The number of thioether (sulfide) groups is 2. The van der Waals surface area contributed by atoms with E-state index in [-0.39, 0.29) is 17.1 Å². The summed E-state index contributed by atoms with van der Waals surface area (Å²) in [5.41, 5.74) is 1.86. The molecule has 0 spiro atoms. The van der Waals surface area contributed by atoms with E-state index in [9.17, 15) is 9.59 Å². The molecule has 0 radical (unpaired) electrons. The molecule has 6 nitrogen and oxygen atoms in total. The highest BCUT2D eigenvalue weighted by molar-refractivity contribution is 9.10. The van der Waals surface area contributed by atoms with E-state index in [2.05, 4.69) is 36.8 Å². The first kappa shape index (κ1) is 22.2. The Kier molecular flexibility index (Phi) is 9.07. The lowest BCUT2D eigenvalue weighted by Gasteiger charge is -2.12. The summed E-state index contributed by atoms with van der Waals surface area (Å²) in [5, 5.41) is 13.6. The molecule has 1 aromatic carbocycles. The molecule has 2 rings (SSSR count). The van der Waals surface area contributed by atoms with Crippen LogP contribution >= 0.6 is 50.8 Å². The fourth-order valence-corrected chi connectivity index (χ4v) is 5.49. The predicted octanol–water partition coefficient (Wildman–Crippen LogP) is 4.35. The number of anilines is 1. The lowest BCUT2D eigenvalue weighted by molar-refractivity contribution is -0.118. The van der Waals surface area contributed by atoms with Gasteiger partial charge in [0.25, 0.3) is 0 Å². The van der Waals surface area contributed by atoms with E-state index in [0.29, 0.717) is 16.6 Å². The molecule has 0 bridgehead atoms. The van der Waals surface area contributed by atoms with Crippen molar-refractivity contribution < 1.29 is 9.59 Å². The lowest BCUT2D eigenvalue weighted by atomic mass is 10.2. The Hall–Kier alpha value is -1.10. The van der Waals surface area contributed by atoms with Crippen LogP contribution < -0.4 is 10.6 Å². The maximum absolute atomic E-state index is 12.4. The summed E-state index contributed by atoms with van der Waals surface area (Å²) in [7, 11) is 0. The van der Waals surface area contributed by atoms with E-state index < -0.39 is 0 Å². The predicted molar refractivity (Wildman–Crippen MR) is 117 cm³/mol. The summed E-state index contributed by atoms with van der Waals surface area (Å²) in [6.45, 7) is 6.51. The number of benzene rings is 1. The first-order chi connectivity index (χ1) is 12.9. The van der Waals surface area contributed by atoms with Crippen molar-refractivity contribution in [3.05, 3.63) is 28.2 Å². The molecular formula is C17H21BrN4O2S3. The number of halogens is 1. The first-order valence-corrected chi connectivity index (χ1v) is 11.8. The molecule has 0 saturated carbocycles. The van der Waals surface area contributed by atoms with Gasteiger partial charge in [-0.05, 0) is 53.9 Å². The Morgan fingerprint density at radius 1 is 1.30 bits per heavy atom. The van der Waals surface area contributed by atoms with Crippen LogP contribution in [0.5, 0.6) is 0 Å². The summed E-state index contributed by atoms with van der Waals surface area (Å²) < 4.78 is 2.28. The number of hydrogen-bond acceptors (Lipinski definition) is 7. The van der Waals surface area contributed by atoms with Gasteiger partial charge in [0.15, 0.2) is 8.68 Å². The molecule has 1 aromatic heterocycles. The zero-order valence-corrected chi connectivity index (χ0v) is 19.3. The molecule has 2 N–H and O–H groups in total. The number of nitrogens with one attached hydrogen (secondary N) is 2. The molecule has 1 unspecified atom stereocenters. The SMILES string of the molecule is CCCNC(=O)CSc1nnc(SC(C)C(=O)Nc2ccc(C)cc2Br)s1. The molecule has 27 heavy (non-hydrogen) atoms. The minimum atomic E-state index is -0.322. The van der Waals surface area contributed by atoms with Gasteiger partial charge in [0.05, 0.1) is 16.7 Å². The summed E-state index contributed by atoms with van der Waals surface area (Å²) in [6, 6.07) is 5.78. The fourth-order valence-electron chi connectivity index (χ4n) is 1.91. The van der Waals surface area contributed by atoms with Crippen molar-refractivity contribution in [3.63, 3.8) is 0 Å². The van der Waals surface area contributed by atoms with Crippen molar-refractivity contribution in [2.24, 2.45) is 0 Å². The van der Waals surface area contributed by atoms with Crippen LogP contribution in [-0.2, 0) is 9.59 Å². The minimum Gasteiger partial charge on any atom is -0.355 e. The number of nitrogens with zero attached hydrogens (tertiary/aromatic N) is 2. The molecule has 0 fully saturated rings. The molecule has 0 aliphatic heterocycles. The van der Waals surface area contributed by atoms with E-state index in [0.717, 1.165) is 26.5 Å². The second-order valence-corrected chi connectivity index (χ2v) is 10.3. The van der Waals surface area contributed by atoms with Crippen molar-refractivity contribution in [3.8, 4) is 0 Å². The smallest absolute Gasteiger partial charge is 0.237 e. The van der Waals surface area contributed by atoms with Crippen molar-refractivity contribution in [2.45, 2.75) is 41.1 Å². The van der Waals surface area contributed by atoms with Gasteiger partial charge >= 0.3 is 0 Å². The van der Waals surface area contributed by atoms with Crippen LogP contribution in [0.2, 0.25) is 0 Å². The normalized spacial score (nSPS) is 11.9. The van der Waals surface area contributed by atoms with Crippen LogP contribution in [0.3, 0.4) is 0 Å². The fraction of sp³-hybridized carbons (Fsp3) is 0.412. The molecule has 2 aromatic rings. The standard InChI is InChI=1S/C17H21BrN4O2S3/c1-4-7-19-14(23)9-25-16-21-22-17(27-16)26-11(3)15(24)20-13-6-5-10(2)8-12(13)18/h5-6,8,11H,4,7,9H2,1-3H3,(H,19,23)(H,20,24). The average Bonchev–Trinajstić information content (AvgIpc) is 3.07. The maximum atomic E-state index is 12.4. The van der Waals surface area contributed by atoms with Gasteiger partial charge in [-0.25, -0.2) is 0 Å². The van der Waals surface area contributed by atoms with Crippen molar-refractivity contribution in [2.75, 3.05) is 17.6 Å². The minimum absolute atomic E-state index is 0.0114. The summed E-state index contributed by atoms with van der Waals surface area (Å²) in [6.07, 6.45) is 0.912. The van der Waals surface area contributed by atoms with Gasteiger partial charge in [0.1, 0.15) is 0 Å². The van der Waals surface area contributed by atoms with Crippen LogP contribution in [0.4, 0.5) is 5.69 Å². The Labute approximate surface area is 179 Å². The third kappa shape index (κ3) is 7.44. The summed E-state index contributed by atoms with van der Waals surface area (Å²) in [4.78, 5) is 24.1. The quantitative estimate of drug-likeness (QED) is 0.510. The number of aryl methyl sites for hydroxylation is 1. The zero-order chi connectivity index (χ0) is 19.8. The second kappa shape index (κ2) is 11.0. The number of aromatic nitrogens is 2. The number of carbonyl (C=O) groups is 2. The van der Waals surface area contributed by atoms with Gasteiger partial charge in [-0.2, -0.15) is 0 Å². The topological polar surface area (TPSA) is 84.0 Å². The van der Waals surface area contributed by atoms with Crippen LogP contribution in [0.15, 0.2) is 31.4 Å². The summed E-state index contributed by atoms with van der Waals surface area (Å²) >= 11 is 7.56. The van der Waals surface area contributed by atoms with E-state index in [1.54, 1.807) is 0 Å². The number of hydrogen-bond donors (Lipinski definition) is 2. The van der Waals surface area contributed by atoms with Gasteiger partial charge in [0, 0.05) is 11.0 Å². The van der Waals surface area contributed by atoms with E-state index in [1.165, 1.54) is 34.9 Å². The van der Waals surface area contributed by atoms with Crippen molar-refractivity contribution >= 4 is 68.3 Å². The van der Waals surface area contributed by atoms with Crippen LogP contribution in [0.1, 0.15) is 25.8 Å². The van der Waals surface area contributed by atoms with Gasteiger partial charge in [-0.15, -0.1) is 10.2 Å². The third-order valence-electron chi connectivity index (χ3n) is 3.32. The molecule has 0 aliphatic carbocycles. The highest BCUT2D eigenvalue weighted by Gasteiger charge is 2.18. The Balaban J connectivity index is 1.84. The largest absolute Gasteiger partial charge is 0.355 e. The van der Waals surface area contributed by atoms with Crippen LogP contribution in [0.25, 0.3) is 0 Å². The molecule has 0 aliphatic rings. The first-order valence-electron chi connectivity index (χ1n) is 8.35. The highest BCUT2D eigenvalue weighted by Crippen LogP contribution is 2.32. The van der Waals surface area contributed by atoms with Gasteiger partial charge in [0.2, 0.25) is 11.8 Å². The van der Waals surface area contributed by atoms with Crippen molar-refractivity contribution in [1.29, 1.82) is 0 Å². The van der Waals surface area contributed by atoms with Gasteiger partial charge in [-0.1, -0.05) is 47.9 Å². The molecular weight excluding hydrogens is 468 g/mol. The average molecular weight is 489 g/mol. The number of rotatable bonds is 9. The van der Waals surface area contributed by atoms with Gasteiger partial charge in [-0.3, -0.25) is 9.59 Å². The van der Waals surface area contributed by atoms with Crippen LogP contribution in [0, 0.1) is 6.92 Å². The second-order valence-electron chi connectivity index (χ2n) is 5.71. The Bertz CT molecular complexity index is 800. The van der Waals surface area contributed by atoms with Crippen molar-refractivity contribution in [1.82, 2.24) is 15.5 Å². The highest BCUT2D eigenvalue weighted by atomic mass is 79.9. The van der Waals surface area contributed by atoms with E-state index >= 15 is 0 Å². The Morgan fingerprint density at radius 2 is 2.04 bits per heavy atom. The molecule has 146 valence electrons. The lowest BCUT2D eigenvalue weighted by Crippen LogP contribution is -2.25. The molecule has 10 heteroatoms. The monoisotopic (exact) mass is 488 g/mol. The van der Waals surface area contributed by atoms with Gasteiger partial charge < -0.3 is 10.6 Å². The maximum Gasteiger partial charge on any atom is 0.237 e.